The van der Waals surface area contributed by atoms with E-state index in [1.165, 1.54) is 0 Å². The van der Waals surface area contributed by atoms with Crippen molar-refractivity contribution >= 4 is 11.8 Å². The average molecular weight is 191 g/mol. The first-order chi connectivity index (χ1) is 6.38. The minimum atomic E-state index is 0.0636. The van der Waals surface area contributed by atoms with Crippen LogP contribution in [0.5, 0.6) is 0 Å². The summed E-state index contributed by atoms with van der Waals surface area (Å²) in [6.07, 6.45) is 3.01. The van der Waals surface area contributed by atoms with E-state index >= 15 is 0 Å². The topological polar surface area (TPSA) is 23.8 Å². The van der Waals surface area contributed by atoms with E-state index in [4.69, 9.17) is 5.26 Å². The summed E-state index contributed by atoms with van der Waals surface area (Å²) in [5.74, 6) is 1.11. The maximum Gasteiger partial charge on any atom is 0.0720 e. The van der Waals surface area contributed by atoms with E-state index in [-0.39, 0.29) is 5.92 Å². The molecule has 1 atom stereocenters. The Morgan fingerprint density at radius 3 is 2.62 bits per heavy atom. The molecule has 0 spiro atoms. The summed E-state index contributed by atoms with van der Waals surface area (Å²) in [5, 5.41) is 8.95. The molecule has 0 aromatic heterocycles. The van der Waals surface area contributed by atoms with E-state index < -0.39 is 0 Å². The number of thioether (sulfide) groups is 1. The number of benzene rings is 1. The first-order valence-corrected chi connectivity index (χ1v) is 5.71. The third-order valence-electron chi connectivity index (χ3n) is 1.97. The van der Waals surface area contributed by atoms with Gasteiger partial charge in [-0.05, 0) is 24.0 Å². The van der Waals surface area contributed by atoms with E-state index in [1.54, 1.807) is 11.8 Å². The molecule has 0 saturated carbocycles. The highest BCUT2D eigenvalue weighted by Crippen LogP contribution is 2.19. The number of hydrogen-bond acceptors (Lipinski definition) is 2. The monoisotopic (exact) mass is 191 g/mol. The van der Waals surface area contributed by atoms with Crippen molar-refractivity contribution in [1.82, 2.24) is 0 Å². The summed E-state index contributed by atoms with van der Waals surface area (Å²) < 4.78 is 0. The molecular formula is C11H13NS. The Morgan fingerprint density at radius 2 is 2.08 bits per heavy atom. The van der Waals surface area contributed by atoms with Crippen LogP contribution in [-0.4, -0.2) is 12.0 Å². The Morgan fingerprint density at radius 1 is 1.38 bits per heavy atom. The highest BCUT2D eigenvalue weighted by Gasteiger charge is 2.08. The molecule has 0 aliphatic carbocycles. The van der Waals surface area contributed by atoms with Crippen molar-refractivity contribution in [3.8, 4) is 6.07 Å². The third-order valence-corrected chi connectivity index (χ3v) is 2.61. The fraction of sp³-hybridized carbons (Fsp3) is 0.364. The minimum Gasteiger partial charge on any atom is -0.198 e. The van der Waals surface area contributed by atoms with Crippen molar-refractivity contribution in [3.63, 3.8) is 0 Å². The van der Waals surface area contributed by atoms with Crippen LogP contribution in [0.25, 0.3) is 0 Å². The van der Waals surface area contributed by atoms with Gasteiger partial charge in [0.2, 0.25) is 0 Å². The molecule has 0 N–H and O–H groups in total. The number of nitrogens with zero attached hydrogens (tertiary/aromatic N) is 1. The lowest BCUT2D eigenvalue weighted by Crippen LogP contribution is -1.96. The maximum atomic E-state index is 8.95. The number of rotatable bonds is 4. The molecule has 0 fully saturated rings. The van der Waals surface area contributed by atoms with Crippen LogP contribution in [0.3, 0.4) is 0 Å². The van der Waals surface area contributed by atoms with Crippen molar-refractivity contribution in [3.05, 3.63) is 35.9 Å². The predicted molar refractivity (Wildman–Crippen MR) is 57.8 cm³/mol. The molecule has 1 aromatic rings. The van der Waals surface area contributed by atoms with Gasteiger partial charge in [-0.2, -0.15) is 17.0 Å². The second-order valence-electron chi connectivity index (χ2n) is 2.87. The van der Waals surface area contributed by atoms with Gasteiger partial charge in [-0.1, -0.05) is 30.3 Å². The summed E-state index contributed by atoms with van der Waals surface area (Å²) in [4.78, 5) is 0. The molecule has 68 valence electrons. The molecule has 0 aliphatic heterocycles. The lowest BCUT2D eigenvalue weighted by atomic mass is 9.98. The second-order valence-corrected chi connectivity index (χ2v) is 3.86. The van der Waals surface area contributed by atoms with E-state index in [9.17, 15) is 0 Å². The van der Waals surface area contributed by atoms with E-state index in [0.29, 0.717) is 0 Å². The van der Waals surface area contributed by atoms with Crippen LogP contribution >= 0.6 is 11.8 Å². The Hall–Kier alpha value is -0.940. The largest absolute Gasteiger partial charge is 0.198 e. The lowest BCUT2D eigenvalue weighted by Gasteiger charge is -2.07. The Bertz CT molecular complexity index is 276. The van der Waals surface area contributed by atoms with Gasteiger partial charge in [0, 0.05) is 0 Å². The zero-order valence-corrected chi connectivity index (χ0v) is 8.55. The number of nitriles is 1. The van der Waals surface area contributed by atoms with Crippen molar-refractivity contribution in [2.45, 2.75) is 12.3 Å². The highest BCUT2D eigenvalue weighted by molar-refractivity contribution is 7.98. The molecule has 1 rings (SSSR count). The standard InChI is InChI=1S/C11H13NS/c1-13-8-7-11(9-12)10-5-3-2-4-6-10/h2-6,11H,7-8H2,1H3. The Balaban J connectivity index is 2.63. The van der Waals surface area contributed by atoms with Crippen molar-refractivity contribution in [2.75, 3.05) is 12.0 Å². The van der Waals surface area contributed by atoms with Gasteiger partial charge in [0.1, 0.15) is 0 Å². The van der Waals surface area contributed by atoms with Crippen LogP contribution in [0.1, 0.15) is 17.9 Å². The molecule has 0 radical (unpaired) electrons. The molecule has 0 bridgehead atoms. The first-order valence-electron chi connectivity index (χ1n) is 4.32. The lowest BCUT2D eigenvalue weighted by molar-refractivity contribution is 0.828. The Labute approximate surface area is 83.8 Å². The van der Waals surface area contributed by atoms with Gasteiger partial charge in [0.25, 0.3) is 0 Å². The van der Waals surface area contributed by atoms with Crippen LogP contribution < -0.4 is 0 Å². The van der Waals surface area contributed by atoms with Crippen LogP contribution in [0, 0.1) is 11.3 Å². The predicted octanol–water partition coefficient (Wildman–Crippen LogP) is 3.05. The SMILES string of the molecule is CSCCC(C#N)c1ccccc1. The van der Waals surface area contributed by atoms with Crippen LogP contribution in [-0.2, 0) is 0 Å². The summed E-state index contributed by atoms with van der Waals surface area (Å²) in [6.45, 7) is 0. The van der Waals surface area contributed by atoms with Gasteiger partial charge in [-0.3, -0.25) is 0 Å². The molecule has 1 aromatic carbocycles. The summed E-state index contributed by atoms with van der Waals surface area (Å²) >= 11 is 1.79. The zero-order chi connectivity index (χ0) is 9.52. The van der Waals surface area contributed by atoms with Crippen LogP contribution in [0.4, 0.5) is 0 Å². The molecule has 1 nitrogen and oxygen atoms in total. The van der Waals surface area contributed by atoms with Gasteiger partial charge in [-0.15, -0.1) is 0 Å². The molecule has 1 unspecified atom stereocenters. The highest BCUT2D eigenvalue weighted by atomic mass is 32.2. The van der Waals surface area contributed by atoms with Gasteiger partial charge in [0.05, 0.1) is 12.0 Å². The molecule has 0 aliphatic rings. The minimum absolute atomic E-state index is 0.0636. The fourth-order valence-corrected chi connectivity index (χ4v) is 1.70. The molecule has 2 heteroatoms. The van der Waals surface area contributed by atoms with Crippen molar-refractivity contribution < 1.29 is 0 Å². The zero-order valence-electron chi connectivity index (χ0n) is 7.73. The van der Waals surface area contributed by atoms with E-state index in [1.807, 2.05) is 30.3 Å². The maximum absolute atomic E-state index is 8.95. The first kappa shape index (κ1) is 10.1. The van der Waals surface area contributed by atoms with Gasteiger partial charge >= 0.3 is 0 Å². The molecular weight excluding hydrogens is 178 g/mol. The van der Waals surface area contributed by atoms with E-state index in [0.717, 1.165) is 17.7 Å². The summed E-state index contributed by atoms with van der Waals surface area (Å²) in [7, 11) is 0. The third kappa shape index (κ3) is 3.12. The normalized spacial score (nSPS) is 12.0. The fourth-order valence-electron chi connectivity index (χ4n) is 1.23. The van der Waals surface area contributed by atoms with Gasteiger partial charge in [0.15, 0.2) is 0 Å². The molecule has 0 heterocycles. The van der Waals surface area contributed by atoms with E-state index in [2.05, 4.69) is 12.3 Å². The summed E-state index contributed by atoms with van der Waals surface area (Å²) in [5.41, 5.74) is 1.14. The quantitative estimate of drug-likeness (QED) is 0.730. The van der Waals surface area contributed by atoms with Gasteiger partial charge in [-0.25, -0.2) is 0 Å². The van der Waals surface area contributed by atoms with Crippen LogP contribution in [0.2, 0.25) is 0 Å². The smallest absolute Gasteiger partial charge is 0.0720 e. The summed E-state index contributed by atoms with van der Waals surface area (Å²) in [6, 6.07) is 12.3. The van der Waals surface area contributed by atoms with Crippen molar-refractivity contribution in [1.29, 1.82) is 5.26 Å². The van der Waals surface area contributed by atoms with Crippen molar-refractivity contribution in [2.24, 2.45) is 0 Å². The van der Waals surface area contributed by atoms with Gasteiger partial charge < -0.3 is 0 Å². The number of hydrogen-bond donors (Lipinski definition) is 0. The molecule has 0 amide bonds. The second kappa shape index (κ2) is 5.66. The molecule has 0 saturated heterocycles. The molecule has 13 heavy (non-hydrogen) atoms. The average Bonchev–Trinajstić information content (AvgIpc) is 2.21. The Kier molecular flexibility index (Phi) is 4.42. The van der Waals surface area contributed by atoms with Crippen LogP contribution in [0.15, 0.2) is 30.3 Å².